The van der Waals surface area contributed by atoms with E-state index in [1.807, 2.05) is 4.90 Å². The average molecular weight is 560 g/mol. The number of hydrogen-bond donors (Lipinski definition) is 2. The number of nitrogens with one attached hydrogen (secondary N) is 2. The number of ether oxygens (including phenoxy) is 2. The number of alkyl halides is 3. The molecule has 11 nitrogen and oxygen atoms in total. The van der Waals surface area contributed by atoms with Crippen molar-refractivity contribution < 1.29 is 31.9 Å². The van der Waals surface area contributed by atoms with Crippen molar-refractivity contribution in [3.8, 4) is 17.1 Å². The second-order valence-corrected chi connectivity index (χ2v) is 9.85. The van der Waals surface area contributed by atoms with E-state index in [1.165, 1.54) is 0 Å². The number of piperazine rings is 1. The number of rotatable bonds is 8. The van der Waals surface area contributed by atoms with Gasteiger partial charge in [0, 0.05) is 44.6 Å². The number of aromatic nitrogens is 3. The topological polar surface area (TPSA) is 118 Å². The fraction of sp³-hybridized carbons (Fsp3) is 0.462. The van der Waals surface area contributed by atoms with Crippen LogP contribution in [0, 0.1) is 0 Å². The fourth-order valence-corrected chi connectivity index (χ4v) is 4.93. The zero-order chi connectivity index (χ0) is 27.7. The van der Waals surface area contributed by atoms with Gasteiger partial charge >= 0.3 is 6.18 Å². The van der Waals surface area contributed by atoms with Crippen LogP contribution in [-0.4, -0.2) is 83.8 Å². The lowest BCUT2D eigenvalue weighted by molar-refractivity contribution is -0.141. The summed E-state index contributed by atoms with van der Waals surface area (Å²) in [6, 6.07) is 6.21. The molecule has 2 saturated heterocycles. The molecule has 2 N–H and O–H groups in total. The van der Waals surface area contributed by atoms with Crippen LogP contribution in [0.5, 0.6) is 5.75 Å². The highest BCUT2D eigenvalue weighted by Gasteiger charge is 2.57. The summed E-state index contributed by atoms with van der Waals surface area (Å²) in [4.78, 5) is 28.6. The van der Waals surface area contributed by atoms with Crippen molar-refractivity contribution in [3.63, 3.8) is 0 Å². The van der Waals surface area contributed by atoms with Gasteiger partial charge in [-0.25, -0.2) is 15.0 Å². The monoisotopic (exact) mass is 559 g/mol. The van der Waals surface area contributed by atoms with E-state index in [4.69, 9.17) is 13.9 Å². The SMILES string of the molecule is O=C1NCCN(c2ncc(-c3cc(Nc4nccc(C(F)(F)F)n4)ccc3OCCN3CCOCC3)o2)C12CC2. The highest BCUT2D eigenvalue weighted by atomic mass is 19.4. The highest BCUT2D eigenvalue weighted by Crippen LogP contribution is 2.46. The first kappa shape index (κ1) is 26.3. The van der Waals surface area contributed by atoms with E-state index >= 15 is 0 Å². The summed E-state index contributed by atoms with van der Waals surface area (Å²) in [6.45, 7) is 5.19. The molecule has 3 aromatic rings. The number of benzene rings is 1. The Kier molecular flexibility index (Phi) is 6.96. The molecule has 0 unspecified atom stereocenters. The molecule has 1 aliphatic carbocycles. The molecule has 3 aliphatic rings. The van der Waals surface area contributed by atoms with Gasteiger partial charge in [-0.15, -0.1) is 0 Å². The summed E-state index contributed by atoms with van der Waals surface area (Å²) < 4.78 is 57.1. The van der Waals surface area contributed by atoms with Gasteiger partial charge in [0.25, 0.3) is 6.01 Å². The molecule has 1 amide bonds. The zero-order valence-electron chi connectivity index (χ0n) is 21.5. The summed E-state index contributed by atoms with van der Waals surface area (Å²) in [5.74, 6) is 0.684. The van der Waals surface area contributed by atoms with E-state index < -0.39 is 17.4 Å². The van der Waals surface area contributed by atoms with Gasteiger partial charge in [-0.05, 0) is 37.1 Å². The summed E-state index contributed by atoms with van der Waals surface area (Å²) in [6.07, 6.45) is -0.533. The summed E-state index contributed by atoms with van der Waals surface area (Å²) in [5, 5.41) is 5.74. The molecule has 2 aromatic heterocycles. The molecule has 4 heterocycles. The number of halogens is 3. The van der Waals surface area contributed by atoms with Crippen LogP contribution in [0.3, 0.4) is 0 Å². The van der Waals surface area contributed by atoms with Crippen LogP contribution in [0.2, 0.25) is 0 Å². The molecule has 14 heteroatoms. The van der Waals surface area contributed by atoms with Crippen LogP contribution >= 0.6 is 0 Å². The van der Waals surface area contributed by atoms with Crippen LogP contribution in [0.1, 0.15) is 18.5 Å². The Balaban J connectivity index is 1.27. The number of carbonyl (C=O) groups excluding carboxylic acids is 1. The smallest absolute Gasteiger partial charge is 0.433 e. The Morgan fingerprint density at radius 2 is 1.95 bits per heavy atom. The van der Waals surface area contributed by atoms with E-state index in [0.717, 1.165) is 38.2 Å². The van der Waals surface area contributed by atoms with E-state index in [9.17, 15) is 18.0 Å². The van der Waals surface area contributed by atoms with Crippen molar-refractivity contribution in [3.05, 3.63) is 42.4 Å². The maximum absolute atomic E-state index is 13.1. The maximum Gasteiger partial charge on any atom is 0.433 e. The molecule has 1 spiro atoms. The third-order valence-corrected chi connectivity index (χ3v) is 7.22. The van der Waals surface area contributed by atoms with Crippen molar-refractivity contribution >= 4 is 23.6 Å². The largest absolute Gasteiger partial charge is 0.491 e. The van der Waals surface area contributed by atoms with Gasteiger partial charge in [-0.1, -0.05) is 0 Å². The van der Waals surface area contributed by atoms with Gasteiger partial charge < -0.3 is 29.4 Å². The minimum atomic E-state index is -4.59. The highest BCUT2D eigenvalue weighted by molar-refractivity contribution is 5.93. The molecule has 3 fully saturated rings. The molecule has 0 bridgehead atoms. The lowest BCUT2D eigenvalue weighted by Crippen LogP contribution is -2.57. The minimum absolute atomic E-state index is 0.0297. The van der Waals surface area contributed by atoms with Gasteiger partial charge in [0.1, 0.15) is 23.6 Å². The fourth-order valence-electron chi connectivity index (χ4n) is 4.93. The Hall–Kier alpha value is -3.91. The lowest BCUT2D eigenvalue weighted by atomic mass is 10.1. The van der Waals surface area contributed by atoms with Crippen molar-refractivity contribution in [1.82, 2.24) is 25.2 Å². The molecule has 0 atom stereocenters. The van der Waals surface area contributed by atoms with Crippen LogP contribution in [-0.2, 0) is 15.7 Å². The number of nitrogens with zero attached hydrogens (tertiary/aromatic N) is 5. The number of amides is 1. The Morgan fingerprint density at radius 3 is 2.73 bits per heavy atom. The number of morpholine rings is 1. The van der Waals surface area contributed by atoms with Crippen LogP contribution in [0.4, 0.5) is 30.8 Å². The van der Waals surface area contributed by atoms with Gasteiger partial charge in [-0.3, -0.25) is 9.69 Å². The molecular formula is C26H28F3N7O4. The summed E-state index contributed by atoms with van der Waals surface area (Å²) >= 11 is 0. The summed E-state index contributed by atoms with van der Waals surface area (Å²) in [7, 11) is 0. The Morgan fingerprint density at radius 1 is 1.12 bits per heavy atom. The van der Waals surface area contributed by atoms with Crippen molar-refractivity contribution in [1.29, 1.82) is 0 Å². The standard InChI is InChI=1S/C26H28F3N7O4/c27-26(28,29)21-3-6-31-23(34-21)33-17-1-2-19(39-14-11-35-9-12-38-13-10-35)18(15-17)20-16-32-24(40-20)36-8-7-30-22(37)25(36)4-5-25/h1-3,6,15-16H,4-5,7-14H2,(H,30,37)(H,31,33,34). The van der Waals surface area contributed by atoms with Gasteiger partial charge in [0.05, 0.1) is 25.0 Å². The third-order valence-electron chi connectivity index (χ3n) is 7.22. The van der Waals surface area contributed by atoms with E-state index in [-0.39, 0.29) is 11.9 Å². The normalized spacial score (nSPS) is 19.0. The van der Waals surface area contributed by atoms with Gasteiger partial charge in [0.15, 0.2) is 5.76 Å². The maximum atomic E-state index is 13.1. The van der Waals surface area contributed by atoms with Gasteiger partial charge in [-0.2, -0.15) is 13.2 Å². The predicted octanol–water partition coefficient (Wildman–Crippen LogP) is 3.07. The molecule has 212 valence electrons. The number of oxazole rings is 1. The predicted molar refractivity (Wildman–Crippen MR) is 137 cm³/mol. The Bertz CT molecular complexity index is 1370. The van der Waals surface area contributed by atoms with Crippen LogP contribution in [0.25, 0.3) is 11.3 Å². The molecule has 40 heavy (non-hydrogen) atoms. The summed E-state index contributed by atoms with van der Waals surface area (Å²) in [5.41, 5.74) is -0.692. The van der Waals surface area contributed by atoms with Crippen molar-refractivity contribution in [2.24, 2.45) is 0 Å². The number of hydrogen-bond acceptors (Lipinski definition) is 10. The molecule has 1 saturated carbocycles. The molecule has 0 radical (unpaired) electrons. The van der Waals surface area contributed by atoms with E-state index in [1.54, 1.807) is 24.4 Å². The third kappa shape index (κ3) is 5.41. The number of anilines is 3. The molecular weight excluding hydrogens is 531 g/mol. The molecule has 1 aromatic carbocycles. The minimum Gasteiger partial charge on any atom is -0.491 e. The zero-order valence-corrected chi connectivity index (χ0v) is 21.5. The van der Waals surface area contributed by atoms with E-state index in [0.29, 0.717) is 68.2 Å². The van der Waals surface area contributed by atoms with Gasteiger partial charge in [0.2, 0.25) is 11.9 Å². The molecule has 2 aliphatic heterocycles. The first-order valence-electron chi connectivity index (χ1n) is 13.1. The Labute approximate surface area is 227 Å². The van der Waals surface area contributed by atoms with Crippen LogP contribution in [0.15, 0.2) is 41.1 Å². The molecule has 6 rings (SSSR count). The van der Waals surface area contributed by atoms with E-state index in [2.05, 4.69) is 30.5 Å². The second-order valence-electron chi connectivity index (χ2n) is 9.85. The van der Waals surface area contributed by atoms with Crippen molar-refractivity contribution in [2.45, 2.75) is 24.6 Å². The second kappa shape index (κ2) is 10.6. The van der Waals surface area contributed by atoms with Crippen LogP contribution < -0.4 is 20.3 Å². The quantitative estimate of drug-likeness (QED) is 0.426. The first-order chi connectivity index (χ1) is 19.3. The number of carbonyl (C=O) groups is 1. The first-order valence-corrected chi connectivity index (χ1v) is 13.1. The van der Waals surface area contributed by atoms with Crippen molar-refractivity contribution in [2.75, 3.05) is 62.8 Å². The lowest BCUT2D eigenvalue weighted by Gasteiger charge is -2.34. The average Bonchev–Trinajstić information content (AvgIpc) is 3.58.